The summed E-state index contributed by atoms with van der Waals surface area (Å²) in [5.41, 5.74) is 0. The molecule has 0 amide bonds. The third-order valence-corrected chi connectivity index (χ3v) is 2.11. The van der Waals surface area contributed by atoms with Gasteiger partial charge in [0.2, 0.25) is 0 Å². The van der Waals surface area contributed by atoms with Gasteiger partial charge in [-0.2, -0.15) is 5.10 Å². The van der Waals surface area contributed by atoms with Crippen LogP contribution in [0, 0.1) is 0 Å². The van der Waals surface area contributed by atoms with Gasteiger partial charge in [-0.15, -0.1) is 0 Å². The number of hydrogen-bond acceptors (Lipinski definition) is 2. The van der Waals surface area contributed by atoms with Gasteiger partial charge in [0, 0.05) is 6.20 Å². The summed E-state index contributed by atoms with van der Waals surface area (Å²) in [6, 6.07) is 5.40. The van der Waals surface area contributed by atoms with Crippen molar-refractivity contribution in [1.82, 2.24) is 14.8 Å². The standard InChI is InChI=1S/C8H5BrClN3/c9-6-4-11-13(5-6)8-3-1-2-7(10)12-8/h1-5H. The highest BCUT2D eigenvalue weighted by Crippen LogP contribution is 2.12. The molecule has 0 aliphatic heterocycles. The van der Waals surface area contributed by atoms with E-state index in [0.717, 1.165) is 4.47 Å². The van der Waals surface area contributed by atoms with Crippen LogP contribution in [0.2, 0.25) is 5.15 Å². The fourth-order valence-electron chi connectivity index (χ4n) is 0.951. The first-order valence-corrected chi connectivity index (χ1v) is 4.76. The predicted molar refractivity (Wildman–Crippen MR) is 54.1 cm³/mol. The third-order valence-electron chi connectivity index (χ3n) is 1.49. The van der Waals surface area contributed by atoms with Crippen LogP contribution in [0.1, 0.15) is 0 Å². The largest absolute Gasteiger partial charge is 0.221 e. The summed E-state index contributed by atoms with van der Waals surface area (Å²) in [7, 11) is 0. The minimum Gasteiger partial charge on any atom is -0.221 e. The maximum Gasteiger partial charge on any atom is 0.155 e. The minimum atomic E-state index is 0.462. The maximum absolute atomic E-state index is 5.74. The maximum atomic E-state index is 5.74. The van der Waals surface area contributed by atoms with Crippen LogP contribution in [-0.2, 0) is 0 Å². The SMILES string of the molecule is Clc1cccc(-n2cc(Br)cn2)n1. The van der Waals surface area contributed by atoms with E-state index in [1.165, 1.54) is 0 Å². The molecule has 0 saturated carbocycles. The summed E-state index contributed by atoms with van der Waals surface area (Å²) in [5.74, 6) is 0.707. The van der Waals surface area contributed by atoms with Crippen LogP contribution in [0.15, 0.2) is 35.1 Å². The van der Waals surface area contributed by atoms with E-state index in [1.807, 2.05) is 18.3 Å². The molecule has 2 heterocycles. The van der Waals surface area contributed by atoms with Crippen LogP contribution >= 0.6 is 27.5 Å². The lowest BCUT2D eigenvalue weighted by Crippen LogP contribution is -1.96. The molecule has 2 aromatic rings. The topological polar surface area (TPSA) is 30.7 Å². The van der Waals surface area contributed by atoms with Gasteiger partial charge in [0.25, 0.3) is 0 Å². The Morgan fingerprint density at radius 1 is 1.38 bits per heavy atom. The molecule has 0 aliphatic rings. The van der Waals surface area contributed by atoms with Gasteiger partial charge < -0.3 is 0 Å². The lowest BCUT2D eigenvalue weighted by Gasteiger charge is -1.98. The Labute approximate surface area is 88.5 Å². The highest BCUT2D eigenvalue weighted by atomic mass is 79.9. The van der Waals surface area contributed by atoms with Crippen molar-refractivity contribution in [2.45, 2.75) is 0 Å². The Morgan fingerprint density at radius 2 is 2.23 bits per heavy atom. The number of pyridine rings is 1. The van der Waals surface area contributed by atoms with E-state index in [9.17, 15) is 0 Å². The molecule has 66 valence electrons. The van der Waals surface area contributed by atoms with E-state index in [4.69, 9.17) is 11.6 Å². The second-order valence-electron chi connectivity index (χ2n) is 2.42. The second-order valence-corrected chi connectivity index (χ2v) is 3.72. The summed E-state index contributed by atoms with van der Waals surface area (Å²) >= 11 is 9.04. The first-order chi connectivity index (χ1) is 6.25. The van der Waals surface area contributed by atoms with Crippen molar-refractivity contribution >= 4 is 27.5 Å². The Kier molecular flexibility index (Phi) is 2.33. The summed E-state index contributed by atoms with van der Waals surface area (Å²) in [6.45, 7) is 0. The van der Waals surface area contributed by atoms with Gasteiger partial charge in [0.15, 0.2) is 5.82 Å². The molecule has 13 heavy (non-hydrogen) atoms. The van der Waals surface area contributed by atoms with Crippen molar-refractivity contribution in [3.05, 3.63) is 40.2 Å². The molecule has 0 N–H and O–H groups in total. The smallest absolute Gasteiger partial charge is 0.155 e. The van der Waals surface area contributed by atoms with Gasteiger partial charge in [0.1, 0.15) is 5.15 Å². The Hall–Kier alpha value is -0.870. The first kappa shape index (κ1) is 8.72. The van der Waals surface area contributed by atoms with Crippen molar-refractivity contribution in [3.8, 4) is 5.82 Å². The number of hydrogen-bond donors (Lipinski definition) is 0. The summed E-state index contributed by atoms with van der Waals surface area (Å²) in [6.07, 6.45) is 3.52. The van der Waals surface area contributed by atoms with Crippen LogP contribution in [0.3, 0.4) is 0 Å². The minimum absolute atomic E-state index is 0.462. The molecule has 0 atom stereocenters. The van der Waals surface area contributed by atoms with Crippen molar-refractivity contribution in [1.29, 1.82) is 0 Å². The zero-order valence-corrected chi connectivity index (χ0v) is 8.83. The molecule has 0 saturated heterocycles. The quantitative estimate of drug-likeness (QED) is 0.736. The Balaban J connectivity index is 2.46. The highest BCUT2D eigenvalue weighted by Gasteiger charge is 1.99. The van der Waals surface area contributed by atoms with Crippen LogP contribution in [0.4, 0.5) is 0 Å². The van der Waals surface area contributed by atoms with Crippen molar-refractivity contribution in [2.24, 2.45) is 0 Å². The van der Waals surface area contributed by atoms with Gasteiger partial charge in [0.05, 0.1) is 10.7 Å². The average molecular weight is 259 g/mol. The lowest BCUT2D eigenvalue weighted by atomic mass is 10.5. The van der Waals surface area contributed by atoms with Gasteiger partial charge in [-0.25, -0.2) is 9.67 Å². The van der Waals surface area contributed by atoms with E-state index in [0.29, 0.717) is 11.0 Å². The number of aromatic nitrogens is 3. The van der Waals surface area contributed by atoms with Gasteiger partial charge in [-0.3, -0.25) is 0 Å². The molecule has 0 aromatic carbocycles. The molecule has 0 fully saturated rings. The Bertz CT molecular complexity index is 427. The summed E-state index contributed by atoms with van der Waals surface area (Å²) in [4.78, 5) is 4.10. The van der Waals surface area contributed by atoms with E-state index >= 15 is 0 Å². The first-order valence-electron chi connectivity index (χ1n) is 3.59. The van der Waals surface area contributed by atoms with Crippen LogP contribution in [0.25, 0.3) is 5.82 Å². The van der Waals surface area contributed by atoms with Crippen LogP contribution in [-0.4, -0.2) is 14.8 Å². The second kappa shape index (κ2) is 3.47. The summed E-state index contributed by atoms with van der Waals surface area (Å²) in [5, 5.41) is 4.54. The molecule has 0 bridgehead atoms. The molecular weight excluding hydrogens is 253 g/mol. The number of rotatable bonds is 1. The van der Waals surface area contributed by atoms with Gasteiger partial charge in [-0.1, -0.05) is 17.7 Å². The number of nitrogens with zero attached hydrogens (tertiary/aromatic N) is 3. The van der Waals surface area contributed by atoms with Gasteiger partial charge >= 0.3 is 0 Å². The molecular formula is C8H5BrClN3. The normalized spacial score (nSPS) is 10.3. The molecule has 0 spiro atoms. The van der Waals surface area contributed by atoms with E-state index in [2.05, 4.69) is 26.0 Å². The van der Waals surface area contributed by atoms with E-state index in [1.54, 1.807) is 16.9 Å². The van der Waals surface area contributed by atoms with Crippen molar-refractivity contribution < 1.29 is 0 Å². The fraction of sp³-hybridized carbons (Fsp3) is 0. The molecule has 0 unspecified atom stereocenters. The molecule has 2 rings (SSSR count). The Morgan fingerprint density at radius 3 is 2.85 bits per heavy atom. The van der Waals surface area contributed by atoms with Crippen molar-refractivity contribution in [3.63, 3.8) is 0 Å². The van der Waals surface area contributed by atoms with E-state index < -0.39 is 0 Å². The molecule has 3 nitrogen and oxygen atoms in total. The molecule has 0 radical (unpaired) electrons. The fourth-order valence-corrected chi connectivity index (χ4v) is 1.40. The monoisotopic (exact) mass is 257 g/mol. The average Bonchev–Trinajstić information content (AvgIpc) is 2.52. The zero-order chi connectivity index (χ0) is 9.26. The van der Waals surface area contributed by atoms with Gasteiger partial charge in [-0.05, 0) is 28.1 Å². The molecule has 5 heteroatoms. The zero-order valence-electron chi connectivity index (χ0n) is 6.48. The van der Waals surface area contributed by atoms with Crippen molar-refractivity contribution in [2.75, 3.05) is 0 Å². The number of halogens is 2. The highest BCUT2D eigenvalue weighted by molar-refractivity contribution is 9.10. The van der Waals surface area contributed by atoms with E-state index in [-0.39, 0.29) is 0 Å². The third kappa shape index (κ3) is 1.89. The van der Waals surface area contributed by atoms with Crippen LogP contribution < -0.4 is 0 Å². The molecule has 2 aromatic heterocycles. The summed E-state index contributed by atoms with van der Waals surface area (Å²) < 4.78 is 2.56. The molecule has 0 aliphatic carbocycles. The van der Waals surface area contributed by atoms with Crippen LogP contribution in [0.5, 0.6) is 0 Å². The lowest BCUT2D eigenvalue weighted by molar-refractivity contribution is 0.847. The predicted octanol–water partition coefficient (Wildman–Crippen LogP) is 2.68.